The average molecular weight is 322 g/mol. The van der Waals surface area contributed by atoms with Crippen molar-refractivity contribution in [3.8, 4) is 0 Å². The highest BCUT2D eigenvalue weighted by Crippen LogP contribution is 2.28. The molecule has 0 unspecified atom stereocenters. The Bertz CT molecular complexity index is 586. The summed E-state index contributed by atoms with van der Waals surface area (Å²) in [4.78, 5) is 13.2. The van der Waals surface area contributed by atoms with Crippen LogP contribution in [0.3, 0.4) is 0 Å². The highest BCUT2D eigenvalue weighted by Gasteiger charge is 2.20. The largest absolute Gasteiger partial charge is 0.460 e. The van der Waals surface area contributed by atoms with E-state index in [2.05, 4.69) is 0 Å². The van der Waals surface area contributed by atoms with Crippen molar-refractivity contribution in [2.45, 2.75) is 4.90 Å². The van der Waals surface area contributed by atoms with Crippen molar-refractivity contribution >= 4 is 31.4 Å². The van der Waals surface area contributed by atoms with Gasteiger partial charge in [-0.15, -0.1) is 0 Å². The van der Waals surface area contributed by atoms with Gasteiger partial charge < -0.3 is 14.4 Å². The fourth-order valence-corrected chi connectivity index (χ4v) is 2.65. The number of halogens is 1. The molecule has 1 rings (SSSR count). The fourth-order valence-electron chi connectivity index (χ4n) is 1.51. The number of nitrogens with zero attached hydrogens (tertiary/aromatic N) is 1. The molecule has 0 spiro atoms. The van der Waals surface area contributed by atoms with Crippen LogP contribution in [0.25, 0.3) is 0 Å². The van der Waals surface area contributed by atoms with Gasteiger partial charge in [0.2, 0.25) is 0 Å². The summed E-state index contributed by atoms with van der Waals surface area (Å²) in [7, 11) is 6.26. The van der Waals surface area contributed by atoms with Crippen molar-refractivity contribution in [3.63, 3.8) is 0 Å². The molecule has 112 valence electrons. The molecule has 0 aromatic heterocycles. The number of carbonyl (C=O) groups is 1. The summed E-state index contributed by atoms with van der Waals surface area (Å²) in [5.74, 6) is -0.631. The van der Waals surface area contributed by atoms with E-state index in [9.17, 15) is 13.2 Å². The molecule has 0 amide bonds. The van der Waals surface area contributed by atoms with Crippen molar-refractivity contribution in [1.29, 1.82) is 0 Å². The maximum Gasteiger partial charge on any atom is 0.338 e. The molecule has 0 saturated heterocycles. The molecule has 1 aromatic carbocycles. The predicted octanol–water partition coefficient (Wildman–Crippen LogP) is 1.48. The lowest BCUT2D eigenvalue weighted by molar-refractivity contribution is 0.0388. The average Bonchev–Trinajstić information content (AvgIpc) is 2.37. The minimum atomic E-state index is -3.96. The minimum absolute atomic E-state index is 0.0910. The molecular formula is C12H16ClNO5S. The van der Waals surface area contributed by atoms with Crippen LogP contribution in [-0.2, 0) is 18.5 Å². The third-order valence-corrected chi connectivity index (χ3v) is 3.81. The van der Waals surface area contributed by atoms with Crippen LogP contribution in [0.5, 0.6) is 0 Å². The van der Waals surface area contributed by atoms with Gasteiger partial charge in [0.25, 0.3) is 9.05 Å². The van der Waals surface area contributed by atoms with E-state index < -0.39 is 15.0 Å². The summed E-state index contributed by atoms with van der Waals surface area (Å²) in [6.07, 6.45) is 0. The number of hydrogen-bond donors (Lipinski definition) is 0. The normalized spacial score (nSPS) is 11.2. The van der Waals surface area contributed by atoms with E-state index in [0.29, 0.717) is 5.69 Å². The van der Waals surface area contributed by atoms with E-state index in [1.807, 2.05) is 0 Å². The summed E-state index contributed by atoms with van der Waals surface area (Å²) >= 11 is 0. The van der Waals surface area contributed by atoms with Crippen LogP contribution in [0.4, 0.5) is 5.69 Å². The Kier molecular flexibility index (Phi) is 5.79. The Hall–Kier alpha value is -1.31. The lowest BCUT2D eigenvalue weighted by Crippen LogP contribution is -2.14. The van der Waals surface area contributed by atoms with Gasteiger partial charge in [0.05, 0.1) is 17.9 Å². The van der Waals surface area contributed by atoms with Crippen molar-refractivity contribution in [2.75, 3.05) is 39.3 Å². The lowest BCUT2D eigenvalue weighted by Gasteiger charge is -2.16. The second-order valence-corrected chi connectivity index (χ2v) is 6.68. The summed E-state index contributed by atoms with van der Waals surface area (Å²) in [6.45, 7) is 0.357. The molecular weight excluding hydrogens is 306 g/mol. The molecule has 0 saturated carbocycles. The van der Waals surface area contributed by atoms with Crippen molar-refractivity contribution < 1.29 is 22.7 Å². The minimum Gasteiger partial charge on any atom is -0.460 e. The SMILES string of the molecule is COCCOC(=O)c1ccc(N(C)C)c(S(=O)(=O)Cl)c1. The number of ether oxygens (including phenoxy) is 2. The Balaban J connectivity index is 3.10. The topological polar surface area (TPSA) is 72.9 Å². The number of esters is 1. The van der Waals surface area contributed by atoms with Crippen LogP contribution < -0.4 is 4.90 Å². The van der Waals surface area contributed by atoms with Crippen LogP contribution in [-0.4, -0.2) is 48.8 Å². The van der Waals surface area contributed by atoms with Gasteiger partial charge in [0.1, 0.15) is 11.5 Å². The zero-order chi connectivity index (χ0) is 15.3. The molecule has 1 aromatic rings. The summed E-state index contributed by atoms with van der Waals surface area (Å²) in [5, 5.41) is 0. The Morgan fingerprint density at radius 2 is 1.95 bits per heavy atom. The number of benzene rings is 1. The van der Waals surface area contributed by atoms with E-state index in [-0.39, 0.29) is 23.7 Å². The number of rotatable bonds is 6. The smallest absolute Gasteiger partial charge is 0.338 e. The molecule has 0 aliphatic rings. The third-order valence-electron chi connectivity index (χ3n) is 2.46. The van der Waals surface area contributed by atoms with Gasteiger partial charge in [-0.2, -0.15) is 0 Å². The van der Waals surface area contributed by atoms with E-state index in [1.54, 1.807) is 19.0 Å². The van der Waals surface area contributed by atoms with E-state index >= 15 is 0 Å². The standard InChI is InChI=1S/C12H16ClNO5S/c1-14(2)10-5-4-9(8-11(10)20(13,16)17)12(15)19-7-6-18-3/h4-5,8H,6-7H2,1-3H3. The monoisotopic (exact) mass is 321 g/mol. The summed E-state index contributed by atoms with van der Waals surface area (Å²) in [6, 6.07) is 4.19. The molecule has 0 fully saturated rings. The first-order chi connectivity index (χ1) is 9.27. The van der Waals surface area contributed by atoms with Crippen LogP contribution in [0.15, 0.2) is 23.1 Å². The van der Waals surface area contributed by atoms with E-state index in [4.69, 9.17) is 20.2 Å². The Morgan fingerprint density at radius 1 is 1.30 bits per heavy atom. The van der Waals surface area contributed by atoms with Crippen molar-refractivity contribution in [2.24, 2.45) is 0 Å². The Labute approximate surface area is 122 Å². The van der Waals surface area contributed by atoms with Gasteiger partial charge >= 0.3 is 5.97 Å². The van der Waals surface area contributed by atoms with Gasteiger partial charge in [-0.25, -0.2) is 13.2 Å². The van der Waals surface area contributed by atoms with Crippen molar-refractivity contribution in [3.05, 3.63) is 23.8 Å². The molecule has 0 aliphatic heterocycles. The number of anilines is 1. The maximum absolute atomic E-state index is 11.8. The molecule has 20 heavy (non-hydrogen) atoms. The molecule has 8 heteroatoms. The quantitative estimate of drug-likeness (QED) is 0.449. The first-order valence-electron chi connectivity index (χ1n) is 5.69. The summed E-state index contributed by atoms with van der Waals surface area (Å²) < 4.78 is 32.8. The maximum atomic E-state index is 11.8. The molecule has 0 radical (unpaired) electrons. The number of hydrogen-bond acceptors (Lipinski definition) is 6. The predicted molar refractivity (Wildman–Crippen MR) is 76.0 cm³/mol. The van der Waals surface area contributed by atoms with E-state index in [1.165, 1.54) is 25.3 Å². The number of methoxy groups -OCH3 is 1. The van der Waals surface area contributed by atoms with Gasteiger partial charge in [-0.05, 0) is 18.2 Å². The van der Waals surface area contributed by atoms with Crippen LogP contribution in [0.2, 0.25) is 0 Å². The second kappa shape index (κ2) is 6.92. The van der Waals surface area contributed by atoms with Crippen LogP contribution in [0.1, 0.15) is 10.4 Å². The van der Waals surface area contributed by atoms with Gasteiger partial charge in [-0.3, -0.25) is 0 Å². The third kappa shape index (κ3) is 4.36. The first kappa shape index (κ1) is 16.7. The Morgan fingerprint density at radius 3 is 2.45 bits per heavy atom. The molecule has 0 N–H and O–H groups in total. The first-order valence-corrected chi connectivity index (χ1v) is 8.00. The molecule has 0 atom stereocenters. The molecule has 6 nitrogen and oxygen atoms in total. The molecule has 0 heterocycles. The molecule has 0 aliphatic carbocycles. The van der Waals surface area contributed by atoms with Gasteiger partial charge in [0, 0.05) is 31.9 Å². The van der Waals surface area contributed by atoms with Crippen LogP contribution in [0, 0.1) is 0 Å². The van der Waals surface area contributed by atoms with Crippen LogP contribution >= 0.6 is 10.7 Å². The lowest BCUT2D eigenvalue weighted by atomic mass is 10.2. The number of carbonyl (C=O) groups excluding carboxylic acids is 1. The zero-order valence-electron chi connectivity index (χ0n) is 11.4. The second-order valence-electron chi connectivity index (χ2n) is 4.14. The van der Waals surface area contributed by atoms with E-state index in [0.717, 1.165) is 0 Å². The van der Waals surface area contributed by atoms with Crippen molar-refractivity contribution in [1.82, 2.24) is 0 Å². The molecule has 0 bridgehead atoms. The van der Waals surface area contributed by atoms with Gasteiger partial charge in [-0.1, -0.05) is 0 Å². The highest BCUT2D eigenvalue weighted by molar-refractivity contribution is 8.13. The summed E-state index contributed by atoms with van der Waals surface area (Å²) in [5.41, 5.74) is 0.513. The van der Waals surface area contributed by atoms with Gasteiger partial charge in [0.15, 0.2) is 0 Å². The zero-order valence-corrected chi connectivity index (χ0v) is 13.0. The highest BCUT2D eigenvalue weighted by atomic mass is 35.7. The fraction of sp³-hybridized carbons (Fsp3) is 0.417.